The molecule has 2 heterocycles. The molecule has 0 aliphatic carbocycles. The number of likely N-dealkylation sites (tertiary alicyclic amines) is 1. The average Bonchev–Trinajstić information content (AvgIpc) is 2.91. The fourth-order valence-electron chi connectivity index (χ4n) is 3.95. The summed E-state index contributed by atoms with van der Waals surface area (Å²) in [5, 5.41) is 2.97. The highest BCUT2D eigenvalue weighted by molar-refractivity contribution is 5.97. The van der Waals surface area contributed by atoms with Crippen LogP contribution in [-0.2, 0) is 0 Å². The molecule has 1 N–H and O–H groups in total. The largest absolute Gasteiger partial charge is 0.497 e. The van der Waals surface area contributed by atoms with Crippen LogP contribution < -0.4 is 19.5 Å². The predicted octanol–water partition coefficient (Wildman–Crippen LogP) is 2.89. The molecule has 0 saturated carbocycles. The lowest BCUT2D eigenvalue weighted by atomic mass is 9.90. The van der Waals surface area contributed by atoms with E-state index in [0.29, 0.717) is 61.7 Å². The van der Waals surface area contributed by atoms with E-state index in [0.717, 1.165) is 5.75 Å². The van der Waals surface area contributed by atoms with Crippen LogP contribution in [0.15, 0.2) is 42.5 Å². The van der Waals surface area contributed by atoms with Crippen molar-refractivity contribution in [3.05, 3.63) is 53.6 Å². The van der Waals surface area contributed by atoms with Gasteiger partial charge in [0.2, 0.25) is 0 Å². The van der Waals surface area contributed by atoms with E-state index in [-0.39, 0.29) is 11.8 Å². The number of hydrogen-bond acceptors (Lipinski definition) is 5. The van der Waals surface area contributed by atoms with Crippen LogP contribution in [0.3, 0.4) is 0 Å². The van der Waals surface area contributed by atoms with Gasteiger partial charge in [0.15, 0.2) is 0 Å². The van der Waals surface area contributed by atoms with Crippen molar-refractivity contribution in [2.45, 2.75) is 25.4 Å². The Morgan fingerprint density at radius 3 is 2.50 bits per heavy atom. The first-order valence-corrected chi connectivity index (χ1v) is 10.2. The van der Waals surface area contributed by atoms with Crippen molar-refractivity contribution in [3.8, 4) is 17.2 Å². The molecule has 1 spiro atoms. The maximum Gasteiger partial charge on any atom is 0.255 e. The third kappa shape index (κ3) is 3.92. The first-order chi connectivity index (χ1) is 14.5. The van der Waals surface area contributed by atoms with Gasteiger partial charge in [-0.3, -0.25) is 9.59 Å². The smallest absolute Gasteiger partial charge is 0.255 e. The molecule has 2 aromatic carbocycles. The van der Waals surface area contributed by atoms with Gasteiger partial charge >= 0.3 is 0 Å². The molecule has 2 aromatic rings. The van der Waals surface area contributed by atoms with Crippen LogP contribution in [0.4, 0.5) is 0 Å². The van der Waals surface area contributed by atoms with Crippen LogP contribution in [0.2, 0.25) is 0 Å². The summed E-state index contributed by atoms with van der Waals surface area (Å²) >= 11 is 0. The van der Waals surface area contributed by atoms with Gasteiger partial charge in [-0.05, 0) is 43.3 Å². The van der Waals surface area contributed by atoms with E-state index < -0.39 is 5.60 Å². The fourth-order valence-corrected chi connectivity index (χ4v) is 3.95. The zero-order valence-corrected chi connectivity index (χ0v) is 17.3. The van der Waals surface area contributed by atoms with Crippen molar-refractivity contribution in [3.63, 3.8) is 0 Å². The Morgan fingerprint density at radius 1 is 1.13 bits per heavy atom. The van der Waals surface area contributed by atoms with Gasteiger partial charge < -0.3 is 24.4 Å². The number of amides is 2. The highest BCUT2D eigenvalue weighted by Gasteiger charge is 2.41. The summed E-state index contributed by atoms with van der Waals surface area (Å²) in [5.41, 5.74) is 0.600. The van der Waals surface area contributed by atoms with Gasteiger partial charge in [-0.15, -0.1) is 0 Å². The van der Waals surface area contributed by atoms with E-state index in [2.05, 4.69) is 5.32 Å². The Morgan fingerprint density at radius 2 is 1.83 bits per heavy atom. The topological polar surface area (TPSA) is 77.1 Å². The van der Waals surface area contributed by atoms with E-state index >= 15 is 0 Å². The number of hydrogen-bond donors (Lipinski definition) is 1. The summed E-state index contributed by atoms with van der Waals surface area (Å²) in [7, 11) is 1.58. The third-order valence-corrected chi connectivity index (χ3v) is 5.71. The van der Waals surface area contributed by atoms with Gasteiger partial charge in [-0.25, -0.2) is 0 Å². The van der Waals surface area contributed by atoms with Crippen LogP contribution in [0.1, 0.15) is 40.5 Å². The lowest BCUT2D eigenvalue weighted by Crippen LogP contribution is -2.54. The molecule has 7 nitrogen and oxygen atoms in total. The molecule has 1 saturated heterocycles. The summed E-state index contributed by atoms with van der Waals surface area (Å²) in [4.78, 5) is 27.2. The number of nitrogens with one attached hydrogen (secondary N) is 1. The van der Waals surface area contributed by atoms with Crippen LogP contribution >= 0.6 is 0 Å². The highest BCUT2D eigenvalue weighted by atomic mass is 16.5. The maximum absolute atomic E-state index is 12.9. The molecule has 2 aliphatic heterocycles. The molecular weight excluding hydrogens is 384 g/mol. The Kier molecular flexibility index (Phi) is 5.53. The van der Waals surface area contributed by atoms with Crippen molar-refractivity contribution >= 4 is 11.8 Å². The molecule has 4 rings (SSSR count). The lowest BCUT2D eigenvalue weighted by molar-refractivity contribution is 0.00762. The standard InChI is InChI=1S/C23H26N2O5/c1-3-29-17-6-4-16(5-7-17)22(27)25-12-10-23(11-13-25)15-24-21(26)19-9-8-18(28-2)14-20(19)30-23/h4-9,14H,3,10-13,15H2,1-2H3,(H,24,26). The van der Waals surface area contributed by atoms with E-state index in [1.54, 1.807) is 37.4 Å². The normalized spacial score (nSPS) is 17.4. The van der Waals surface area contributed by atoms with Crippen LogP contribution in [-0.4, -0.2) is 55.7 Å². The summed E-state index contributed by atoms with van der Waals surface area (Å²) in [5.74, 6) is 1.76. The molecule has 1 fully saturated rings. The Balaban J connectivity index is 1.46. The number of carbonyl (C=O) groups is 2. The average molecular weight is 410 g/mol. The number of piperidine rings is 1. The summed E-state index contributed by atoms with van der Waals surface area (Å²) in [6.07, 6.45) is 1.26. The molecule has 0 atom stereocenters. The van der Waals surface area contributed by atoms with Crippen molar-refractivity contribution in [1.29, 1.82) is 0 Å². The van der Waals surface area contributed by atoms with E-state index in [1.807, 2.05) is 24.0 Å². The van der Waals surface area contributed by atoms with Crippen molar-refractivity contribution < 1.29 is 23.8 Å². The number of rotatable bonds is 4. The first kappa shape index (κ1) is 20.1. The number of nitrogens with zero attached hydrogens (tertiary/aromatic N) is 1. The number of fused-ring (bicyclic) bond motifs is 1. The second kappa shape index (κ2) is 8.26. The predicted molar refractivity (Wildman–Crippen MR) is 111 cm³/mol. The van der Waals surface area contributed by atoms with Gasteiger partial charge in [-0.1, -0.05) is 0 Å². The van der Waals surface area contributed by atoms with Gasteiger partial charge in [-0.2, -0.15) is 0 Å². The lowest BCUT2D eigenvalue weighted by Gasteiger charge is -2.41. The van der Waals surface area contributed by atoms with Gasteiger partial charge in [0.05, 0.1) is 25.8 Å². The second-order valence-electron chi connectivity index (χ2n) is 7.58. The summed E-state index contributed by atoms with van der Waals surface area (Å²) in [6.45, 7) is 4.04. The first-order valence-electron chi connectivity index (χ1n) is 10.2. The minimum atomic E-state index is -0.539. The molecule has 2 aliphatic rings. The molecule has 0 unspecified atom stereocenters. The monoisotopic (exact) mass is 410 g/mol. The Hall–Kier alpha value is -3.22. The second-order valence-corrected chi connectivity index (χ2v) is 7.58. The quantitative estimate of drug-likeness (QED) is 0.839. The zero-order valence-electron chi connectivity index (χ0n) is 17.3. The molecule has 158 valence electrons. The molecule has 30 heavy (non-hydrogen) atoms. The minimum Gasteiger partial charge on any atom is -0.497 e. The molecule has 2 amide bonds. The molecular formula is C23H26N2O5. The van der Waals surface area contributed by atoms with Crippen molar-refractivity contribution in [2.75, 3.05) is 33.4 Å². The molecule has 7 heteroatoms. The third-order valence-electron chi connectivity index (χ3n) is 5.71. The van der Waals surface area contributed by atoms with Gasteiger partial charge in [0, 0.05) is 37.6 Å². The number of methoxy groups -OCH3 is 1. The van der Waals surface area contributed by atoms with Crippen LogP contribution in [0.25, 0.3) is 0 Å². The van der Waals surface area contributed by atoms with Crippen LogP contribution in [0, 0.1) is 0 Å². The summed E-state index contributed by atoms with van der Waals surface area (Å²) < 4.78 is 17.1. The number of ether oxygens (including phenoxy) is 3. The highest BCUT2D eigenvalue weighted by Crippen LogP contribution is 2.35. The fraction of sp³-hybridized carbons (Fsp3) is 0.391. The Bertz CT molecular complexity index is 933. The summed E-state index contributed by atoms with van der Waals surface area (Å²) in [6, 6.07) is 12.4. The van der Waals surface area contributed by atoms with E-state index in [4.69, 9.17) is 14.2 Å². The van der Waals surface area contributed by atoms with E-state index in [9.17, 15) is 9.59 Å². The SMILES string of the molecule is CCOc1ccc(C(=O)N2CCC3(CC2)CNC(=O)c2ccc(OC)cc2O3)cc1. The molecule has 0 radical (unpaired) electrons. The number of carbonyl (C=O) groups excluding carboxylic acids is 2. The maximum atomic E-state index is 12.9. The zero-order chi connectivity index (χ0) is 21.1. The van der Waals surface area contributed by atoms with Crippen molar-refractivity contribution in [2.24, 2.45) is 0 Å². The van der Waals surface area contributed by atoms with Gasteiger partial charge in [0.1, 0.15) is 22.8 Å². The minimum absolute atomic E-state index is 0.00683. The molecule has 0 bridgehead atoms. The van der Waals surface area contributed by atoms with E-state index in [1.165, 1.54) is 0 Å². The Labute approximate surface area is 175 Å². The molecule has 0 aromatic heterocycles. The number of benzene rings is 2. The van der Waals surface area contributed by atoms with Gasteiger partial charge in [0.25, 0.3) is 11.8 Å². The van der Waals surface area contributed by atoms with Crippen LogP contribution in [0.5, 0.6) is 17.2 Å². The van der Waals surface area contributed by atoms with Crippen molar-refractivity contribution in [1.82, 2.24) is 10.2 Å².